The molecule has 17 heteroatoms. The second-order valence-corrected chi connectivity index (χ2v) is 11.0. The number of aliphatic imine (C=N–C) groups is 1. The SMILES string of the molecule is NC(=O)C[C@H](NC(=O)Cc1ccc(O)cc1O)C(=O)NCCCCCNC(=O)CCNCCCCNC(=O)[C@H](N)CCCN=C(N)N. The van der Waals surface area contributed by atoms with Gasteiger partial charge in [-0.1, -0.05) is 6.07 Å². The van der Waals surface area contributed by atoms with Crippen LogP contribution in [0.5, 0.6) is 11.5 Å². The lowest BCUT2D eigenvalue weighted by Gasteiger charge is -2.17. The van der Waals surface area contributed by atoms with Gasteiger partial charge in [0.15, 0.2) is 5.96 Å². The third kappa shape index (κ3) is 20.2. The number of nitrogens with zero attached hydrogens (tertiary/aromatic N) is 1. The zero-order chi connectivity index (χ0) is 35.0. The van der Waals surface area contributed by atoms with Gasteiger partial charge in [-0.15, -0.1) is 0 Å². The van der Waals surface area contributed by atoms with E-state index in [4.69, 9.17) is 22.9 Å². The largest absolute Gasteiger partial charge is 0.508 e. The molecule has 1 rings (SSSR count). The summed E-state index contributed by atoms with van der Waals surface area (Å²) < 4.78 is 0. The van der Waals surface area contributed by atoms with Crippen LogP contribution in [-0.2, 0) is 30.4 Å². The van der Waals surface area contributed by atoms with Crippen molar-refractivity contribution in [1.29, 1.82) is 0 Å². The second kappa shape index (κ2) is 23.7. The monoisotopic (exact) mass is 664 g/mol. The molecule has 2 atom stereocenters. The molecule has 0 radical (unpaired) electrons. The topological polar surface area (TPSA) is 302 Å². The van der Waals surface area contributed by atoms with Gasteiger partial charge < -0.3 is 59.7 Å². The quantitative estimate of drug-likeness (QED) is 0.0299. The highest BCUT2D eigenvalue weighted by molar-refractivity contribution is 5.92. The Bertz CT molecular complexity index is 1180. The molecular formula is C30H52N10O7. The average Bonchev–Trinajstić information content (AvgIpc) is 3.00. The van der Waals surface area contributed by atoms with Crippen molar-refractivity contribution in [3.05, 3.63) is 23.8 Å². The van der Waals surface area contributed by atoms with Gasteiger partial charge in [0, 0.05) is 50.8 Å². The number of hydrogen-bond donors (Lipinski definition) is 11. The van der Waals surface area contributed by atoms with Crippen molar-refractivity contribution in [2.45, 2.75) is 76.3 Å². The first-order chi connectivity index (χ1) is 22.4. The number of guanidine groups is 1. The van der Waals surface area contributed by atoms with Crippen LogP contribution in [0.1, 0.15) is 63.4 Å². The van der Waals surface area contributed by atoms with Crippen LogP contribution in [-0.4, -0.2) is 97.1 Å². The molecule has 0 heterocycles. The molecule has 0 aromatic heterocycles. The molecule has 0 saturated heterocycles. The van der Waals surface area contributed by atoms with Gasteiger partial charge in [0.2, 0.25) is 29.5 Å². The van der Waals surface area contributed by atoms with Gasteiger partial charge in [0.25, 0.3) is 0 Å². The van der Waals surface area contributed by atoms with Gasteiger partial charge in [0.1, 0.15) is 17.5 Å². The number of nitrogens with one attached hydrogen (secondary N) is 5. The van der Waals surface area contributed by atoms with E-state index in [-0.39, 0.29) is 41.3 Å². The highest BCUT2D eigenvalue weighted by Crippen LogP contribution is 2.22. The summed E-state index contributed by atoms with van der Waals surface area (Å²) in [7, 11) is 0. The van der Waals surface area contributed by atoms with E-state index in [1.54, 1.807) is 0 Å². The van der Waals surface area contributed by atoms with E-state index in [0.29, 0.717) is 71.4 Å². The number of phenols is 2. The molecule has 264 valence electrons. The Hall–Kier alpha value is -4.64. The van der Waals surface area contributed by atoms with Crippen molar-refractivity contribution in [1.82, 2.24) is 26.6 Å². The predicted octanol–water partition coefficient (Wildman–Crippen LogP) is -2.34. The minimum atomic E-state index is -1.17. The number of unbranched alkanes of at least 4 members (excludes halogenated alkanes) is 3. The molecule has 0 aliphatic carbocycles. The van der Waals surface area contributed by atoms with E-state index >= 15 is 0 Å². The molecular weight excluding hydrogens is 612 g/mol. The van der Waals surface area contributed by atoms with Crippen LogP contribution in [0, 0.1) is 0 Å². The lowest BCUT2D eigenvalue weighted by molar-refractivity contribution is -0.131. The first kappa shape index (κ1) is 40.4. The Balaban J connectivity index is 2.09. The van der Waals surface area contributed by atoms with Crippen molar-refractivity contribution >= 4 is 35.5 Å². The third-order valence-corrected chi connectivity index (χ3v) is 6.86. The van der Waals surface area contributed by atoms with E-state index in [1.165, 1.54) is 12.1 Å². The summed E-state index contributed by atoms with van der Waals surface area (Å²) in [6, 6.07) is 2.02. The minimum absolute atomic E-state index is 0.0148. The molecule has 5 amide bonds. The van der Waals surface area contributed by atoms with E-state index in [2.05, 4.69) is 31.6 Å². The first-order valence-electron chi connectivity index (χ1n) is 15.8. The maximum absolute atomic E-state index is 12.6. The molecule has 0 saturated carbocycles. The minimum Gasteiger partial charge on any atom is -0.508 e. The maximum Gasteiger partial charge on any atom is 0.243 e. The normalized spacial score (nSPS) is 11.9. The number of phenolic OH excluding ortho intramolecular Hbond substituents is 2. The fourth-order valence-corrected chi connectivity index (χ4v) is 4.30. The Morgan fingerprint density at radius 3 is 2.06 bits per heavy atom. The highest BCUT2D eigenvalue weighted by atomic mass is 16.3. The number of rotatable bonds is 25. The summed E-state index contributed by atoms with van der Waals surface area (Å²) in [6.45, 7) is 2.99. The summed E-state index contributed by atoms with van der Waals surface area (Å²) in [5, 5.41) is 33.2. The van der Waals surface area contributed by atoms with E-state index in [1.807, 2.05) is 0 Å². The van der Waals surface area contributed by atoms with Crippen LogP contribution in [0.15, 0.2) is 23.2 Å². The Labute approximate surface area is 275 Å². The highest BCUT2D eigenvalue weighted by Gasteiger charge is 2.23. The van der Waals surface area contributed by atoms with Crippen molar-refractivity contribution in [3.8, 4) is 11.5 Å². The van der Waals surface area contributed by atoms with Crippen LogP contribution >= 0.6 is 0 Å². The number of carbonyl (C=O) groups is 5. The Morgan fingerprint density at radius 1 is 0.766 bits per heavy atom. The first-order valence-corrected chi connectivity index (χ1v) is 15.8. The van der Waals surface area contributed by atoms with Crippen molar-refractivity contribution in [3.63, 3.8) is 0 Å². The molecule has 0 spiro atoms. The summed E-state index contributed by atoms with van der Waals surface area (Å²) in [6.07, 6.45) is 4.45. The predicted molar refractivity (Wildman–Crippen MR) is 177 cm³/mol. The third-order valence-electron chi connectivity index (χ3n) is 6.86. The van der Waals surface area contributed by atoms with Gasteiger partial charge >= 0.3 is 0 Å². The summed E-state index contributed by atoms with van der Waals surface area (Å²) >= 11 is 0. The summed E-state index contributed by atoms with van der Waals surface area (Å²) in [4.78, 5) is 64.2. The van der Waals surface area contributed by atoms with Crippen LogP contribution in [0.4, 0.5) is 0 Å². The number of aromatic hydroxyl groups is 2. The number of hydrogen-bond acceptors (Lipinski definition) is 10. The van der Waals surface area contributed by atoms with E-state index in [9.17, 15) is 34.2 Å². The lowest BCUT2D eigenvalue weighted by atomic mass is 10.1. The smallest absolute Gasteiger partial charge is 0.243 e. The number of carbonyl (C=O) groups excluding carboxylic acids is 5. The van der Waals surface area contributed by atoms with Crippen LogP contribution in [0.2, 0.25) is 0 Å². The van der Waals surface area contributed by atoms with Gasteiger partial charge in [-0.25, -0.2) is 0 Å². The van der Waals surface area contributed by atoms with Crippen molar-refractivity contribution in [2.24, 2.45) is 27.9 Å². The van der Waals surface area contributed by atoms with Crippen LogP contribution < -0.4 is 49.5 Å². The van der Waals surface area contributed by atoms with E-state index in [0.717, 1.165) is 25.3 Å². The van der Waals surface area contributed by atoms with Gasteiger partial charge in [-0.05, 0) is 57.6 Å². The average molecular weight is 665 g/mol. The fourth-order valence-electron chi connectivity index (χ4n) is 4.30. The molecule has 0 fully saturated rings. The molecule has 15 N–H and O–H groups in total. The lowest BCUT2D eigenvalue weighted by Crippen LogP contribution is -2.49. The number of amides is 5. The molecule has 0 aliphatic heterocycles. The molecule has 0 unspecified atom stereocenters. The molecule has 1 aromatic carbocycles. The van der Waals surface area contributed by atoms with Gasteiger partial charge in [0.05, 0.1) is 18.9 Å². The Morgan fingerprint density at radius 2 is 1.40 bits per heavy atom. The molecule has 17 nitrogen and oxygen atoms in total. The molecule has 1 aromatic rings. The zero-order valence-corrected chi connectivity index (χ0v) is 26.9. The van der Waals surface area contributed by atoms with Crippen LogP contribution in [0.3, 0.4) is 0 Å². The molecule has 47 heavy (non-hydrogen) atoms. The number of benzene rings is 1. The summed E-state index contributed by atoms with van der Waals surface area (Å²) in [5.74, 6) is -2.62. The van der Waals surface area contributed by atoms with E-state index < -0.39 is 36.2 Å². The zero-order valence-electron chi connectivity index (χ0n) is 26.9. The van der Waals surface area contributed by atoms with Gasteiger partial charge in [-0.3, -0.25) is 29.0 Å². The fraction of sp³-hybridized carbons (Fsp3) is 0.600. The van der Waals surface area contributed by atoms with Crippen molar-refractivity contribution < 1.29 is 34.2 Å². The molecule has 0 aliphatic rings. The standard InChI is InChI=1S/C30H52N10O7/c31-22(7-6-15-39-30(33)34)28(46)37-14-5-4-11-35-16-10-26(44)36-12-2-1-3-13-38-29(47)23(19-25(32)43)40-27(45)17-20-8-9-21(41)18-24(20)42/h8-9,18,22-23,35,41-42H,1-7,10-17,19,31H2,(H2,32,43)(H,36,44)(H,37,46)(H,38,47)(H,40,45)(H4,33,34,39)/t22-,23+/m1/s1. The maximum atomic E-state index is 12.6. The Kier molecular flexibility index (Phi) is 20.3. The molecule has 0 bridgehead atoms. The number of nitrogens with two attached hydrogens (primary N) is 4. The van der Waals surface area contributed by atoms with Gasteiger partial charge in [-0.2, -0.15) is 0 Å². The van der Waals surface area contributed by atoms with Crippen molar-refractivity contribution in [2.75, 3.05) is 39.3 Å². The number of primary amides is 1. The summed E-state index contributed by atoms with van der Waals surface area (Å²) in [5.41, 5.74) is 21.8. The second-order valence-electron chi connectivity index (χ2n) is 11.0. The van der Waals surface area contributed by atoms with Crippen LogP contribution in [0.25, 0.3) is 0 Å².